The number of rotatable bonds is 7. The van der Waals surface area contributed by atoms with Crippen LogP contribution in [0.25, 0.3) is 10.9 Å². The van der Waals surface area contributed by atoms with Gasteiger partial charge in [-0.25, -0.2) is 4.98 Å². The maximum absolute atomic E-state index is 12.7. The van der Waals surface area contributed by atoms with Gasteiger partial charge in [-0.2, -0.15) is 0 Å². The van der Waals surface area contributed by atoms with E-state index in [-0.39, 0.29) is 17.5 Å². The summed E-state index contributed by atoms with van der Waals surface area (Å²) < 4.78 is 12.0. The number of amides is 1. The number of aromatic nitrogens is 2. The lowest BCUT2D eigenvalue weighted by Crippen LogP contribution is -2.36. The Labute approximate surface area is 151 Å². The smallest absolute Gasteiger partial charge is 0.261 e. The number of aryl methyl sites for hydroxylation is 1. The van der Waals surface area contributed by atoms with Crippen LogP contribution in [0, 0.1) is 0 Å². The van der Waals surface area contributed by atoms with Crippen LogP contribution in [0.1, 0.15) is 19.3 Å². The fourth-order valence-electron chi connectivity index (χ4n) is 3.13. The Morgan fingerprint density at radius 3 is 2.81 bits per heavy atom. The number of ether oxygens (including phenoxy) is 2. The molecule has 1 atom stereocenters. The molecule has 1 saturated heterocycles. The Kier molecular flexibility index (Phi) is 5.72. The molecule has 1 aromatic carbocycles. The average molecular weight is 360 g/mol. The van der Waals surface area contributed by atoms with Crippen molar-refractivity contribution in [2.24, 2.45) is 0 Å². The van der Waals surface area contributed by atoms with Crippen LogP contribution in [-0.4, -0.2) is 48.8 Å². The van der Waals surface area contributed by atoms with Gasteiger partial charge in [-0.1, -0.05) is 0 Å². The van der Waals surface area contributed by atoms with Gasteiger partial charge < -0.3 is 20.1 Å². The summed E-state index contributed by atoms with van der Waals surface area (Å²) in [6.07, 6.45) is 3.43. The number of carbonyl (C=O) groups is 1. The Hall–Kier alpha value is -2.61. The molecule has 0 aliphatic carbocycles. The molecule has 0 spiro atoms. The minimum absolute atomic E-state index is 0.0203. The predicted octanol–water partition coefficient (Wildman–Crippen LogP) is 0.672. The highest BCUT2D eigenvalue weighted by Gasteiger charge is 2.16. The van der Waals surface area contributed by atoms with Gasteiger partial charge in [0, 0.05) is 31.6 Å². The molecule has 0 radical (unpaired) electrons. The predicted molar refractivity (Wildman–Crippen MR) is 97.8 cm³/mol. The molecule has 2 aromatic rings. The summed E-state index contributed by atoms with van der Waals surface area (Å²) in [5.41, 5.74) is 0.395. The Bertz CT molecular complexity index is 843. The van der Waals surface area contributed by atoms with Gasteiger partial charge in [-0.3, -0.25) is 14.2 Å². The SMILES string of the molecule is COc1cc2ncn(CCCC(=O)NC3CCNC3)c(=O)c2cc1OC. The van der Waals surface area contributed by atoms with Crippen LogP contribution in [0.4, 0.5) is 0 Å². The fourth-order valence-corrected chi connectivity index (χ4v) is 3.13. The van der Waals surface area contributed by atoms with E-state index in [2.05, 4.69) is 15.6 Å². The number of benzene rings is 1. The zero-order valence-electron chi connectivity index (χ0n) is 15.1. The highest BCUT2D eigenvalue weighted by Crippen LogP contribution is 2.29. The van der Waals surface area contributed by atoms with E-state index >= 15 is 0 Å². The van der Waals surface area contributed by atoms with Crippen LogP contribution in [-0.2, 0) is 11.3 Å². The number of hydrogen-bond donors (Lipinski definition) is 2. The molecule has 26 heavy (non-hydrogen) atoms. The molecule has 1 fully saturated rings. The molecule has 1 unspecified atom stereocenters. The second-order valence-electron chi connectivity index (χ2n) is 6.33. The van der Waals surface area contributed by atoms with Gasteiger partial charge in [-0.15, -0.1) is 0 Å². The molecule has 1 aliphatic heterocycles. The maximum atomic E-state index is 12.7. The van der Waals surface area contributed by atoms with Crippen molar-refractivity contribution in [3.63, 3.8) is 0 Å². The first kappa shape index (κ1) is 18.2. The maximum Gasteiger partial charge on any atom is 0.261 e. The average Bonchev–Trinajstić information content (AvgIpc) is 3.15. The Morgan fingerprint density at radius 2 is 2.12 bits per heavy atom. The normalized spacial score (nSPS) is 16.6. The van der Waals surface area contributed by atoms with Crippen molar-refractivity contribution < 1.29 is 14.3 Å². The summed E-state index contributed by atoms with van der Waals surface area (Å²) in [7, 11) is 3.06. The zero-order valence-corrected chi connectivity index (χ0v) is 15.1. The minimum atomic E-state index is -0.156. The summed E-state index contributed by atoms with van der Waals surface area (Å²) in [6, 6.07) is 3.54. The molecule has 1 amide bonds. The first-order valence-electron chi connectivity index (χ1n) is 8.73. The van der Waals surface area contributed by atoms with E-state index in [0.29, 0.717) is 41.8 Å². The summed E-state index contributed by atoms with van der Waals surface area (Å²) >= 11 is 0. The molecule has 8 heteroatoms. The molecular formula is C18H24N4O4. The molecule has 3 rings (SSSR count). The molecular weight excluding hydrogens is 336 g/mol. The third-order valence-electron chi connectivity index (χ3n) is 4.56. The lowest BCUT2D eigenvalue weighted by Gasteiger charge is -2.12. The second-order valence-corrected chi connectivity index (χ2v) is 6.33. The zero-order chi connectivity index (χ0) is 18.5. The first-order valence-corrected chi connectivity index (χ1v) is 8.73. The quantitative estimate of drug-likeness (QED) is 0.754. The number of carbonyl (C=O) groups excluding carboxylic acids is 1. The van der Waals surface area contributed by atoms with Crippen LogP contribution >= 0.6 is 0 Å². The van der Waals surface area contributed by atoms with Crippen molar-refractivity contribution in [1.29, 1.82) is 0 Å². The van der Waals surface area contributed by atoms with Crippen molar-refractivity contribution in [1.82, 2.24) is 20.2 Å². The summed E-state index contributed by atoms with van der Waals surface area (Å²) in [5, 5.41) is 6.68. The molecule has 2 N–H and O–H groups in total. The minimum Gasteiger partial charge on any atom is -0.493 e. The fraction of sp³-hybridized carbons (Fsp3) is 0.500. The molecule has 0 bridgehead atoms. The standard InChI is InChI=1S/C18H24N4O4/c1-25-15-8-13-14(9-16(15)26-2)20-11-22(18(13)24)7-3-4-17(23)21-12-5-6-19-10-12/h8-9,11-12,19H,3-7,10H2,1-2H3,(H,21,23). The monoisotopic (exact) mass is 360 g/mol. The van der Waals surface area contributed by atoms with Crippen molar-refractivity contribution >= 4 is 16.8 Å². The summed E-state index contributed by atoms with van der Waals surface area (Å²) in [4.78, 5) is 29.0. The van der Waals surface area contributed by atoms with E-state index in [0.717, 1.165) is 19.5 Å². The van der Waals surface area contributed by atoms with Gasteiger partial charge in [-0.05, 0) is 25.5 Å². The Balaban J connectivity index is 1.67. The molecule has 1 aliphatic rings. The van der Waals surface area contributed by atoms with E-state index in [4.69, 9.17) is 9.47 Å². The van der Waals surface area contributed by atoms with Crippen molar-refractivity contribution in [3.05, 3.63) is 28.8 Å². The van der Waals surface area contributed by atoms with E-state index in [1.54, 1.807) is 12.1 Å². The number of methoxy groups -OCH3 is 2. The van der Waals surface area contributed by atoms with Crippen molar-refractivity contribution in [2.45, 2.75) is 31.8 Å². The van der Waals surface area contributed by atoms with Crippen molar-refractivity contribution in [3.8, 4) is 11.5 Å². The number of hydrogen-bond acceptors (Lipinski definition) is 6. The highest BCUT2D eigenvalue weighted by atomic mass is 16.5. The van der Waals surface area contributed by atoms with Gasteiger partial charge in [0.05, 0.1) is 31.4 Å². The number of fused-ring (bicyclic) bond motifs is 1. The van der Waals surface area contributed by atoms with Gasteiger partial charge in [0.15, 0.2) is 11.5 Å². The molecule has 0 saturated carbocycles. The van der Waals surface area contributed by atoms with Crippen LogP contribution in [0.5, 0.6) is 11.5 Å². The Morgan fingerprint density at radius 1 is 1.35 bits per heavy atom. The summed E-state index contributed by atoms with van der Waals surface area (Å²) in [5.74, 6) is 1.04. The van der Waals surface area contributed by atoms with E-state index in [9.17, 15) is 9.59 Å². The van der Waals surface area contributed by atoms with Gasteiger partial charge in [0.2, 0.25) is 5.91 Å². The number of nitrogens with one attached hydrogen (secondary N) is 2. The van der Waals surface area contributed by atoms with Gasteiger partial charge in [0.25, 0.3) is 5.56 Å². The molecule has 140 valence electrons. The third-order valence-corrected chi connectivity index (χ3v) is 4.56. The lowest BCUT2D eigenvalue weighted by molar-refractivity contribution is -0.121. The van der Waals surface area contributed by atoms with Crippen LogP contribution in [0.2, 0.25) is 0 Å². The van der Waals surface area contributed by atoms with Crippen LogP contribution in [0.15, 0.2) is 23.3 Å². The van der Waals surface area contributed by atoms with E-state index in [1.165, 1.54) is 25.1 Å². The van der Waals surface area contributed by atoms with E-state index in [1.807, 2.05) is 0 Å². The first-order chi connectivity index (χ1) is 12.6. The van der Waals surface area contributed by atoms with Crippen LogP contribution < -0.4 is 25.7 Å². The van der Waals surface area contributed by atoms with Gasteiger partial charge >= 0.3 is 0 Å². The molecule has 1 aromatic heterocycles. The highest BCUT2D eigenvalue weighted by molar-refractivity contribution is 5.81. The van der Waals surface area contributed by atoms with Gasteiger partial charge in [0.1, 0.15) is 0 Å². The van der Waals surface area contributed by atoms with E-state index < -0.39 is 0 Å². The molecule has 2 heterocycles. The van der Waals surface area contributed by atoms with Crippen molar-refractivity contribution in [2.75, 3.05) is 27.3 Å². The largest absolute Gasteiger partial charge is 0.493 e. The lowest BCUT2D eigenvalue weighted by atomic mass is 10.2. The third kappa shape index (κ3) is 3.96. The number of nitrogens with zero attached hydrogens (tertiary/aromatic N) is 2. The molecule has 8 nitrogen and oxygen atoms in total. The second kappa shape index (κ2) is 8.18. The topological polar surface area (TPSA) is 94.5 Å². The summed E-state index contributed by atoms with van der Waals surface area (Å²) in [6.45, 7) is 2.20. The van der Waals surface area contributed by atoms with Crippen LogP contribution in [0.3, 0.4) is 0 Å².